The van der Waals surface area contributed by atoms with Gasteiger partial charge >= 0.3 is 0 Å². The molecule has 0 bridgehead atoms. The van der Waals surface area contributed by atoms with Crippen molar-refractivity contribution in [2.24, 2.45) is 5.92 Å². The molecule has 2 atom stereocenters. The zero-order chi connectivity index (χ0) is 11.1. The van der Waals surface area contributed by atoms with Crippen molar-refractivity contribution in [2.45, 2.75) is 51.1 Å². The molecule has 1 fully saturated rings. The summed E-state index contributed by atoms with van der Waals surface area (Å²) in [6.45, 7) is 2.98. The summed E-state index contributed by atoms with van der Waals surface area (Å²) in [6.07, 6.45) is 6.79. The standard InChI is InChI=1S/C12H25NO2/c1-10(11-6-4-3-5-7-11)13-12(8-14)9-15-2/h10-14H,3-9H2,1-2H3. The molecule has 0 heterocycles. The van der Waals surface area contributed by atoms with Crippen molar-refractivity contribution in [3.63, 3.8) is 0 Å². The molecule has 2 unspecified atom stereocenters. The number of methoxy groups -OCH3 is 1. The fourth-order valence-electron chi connectivity index (χ4n) is 2.50. The van der Waals surface area contributed by atoms with Crippen LogP contribution in [0.25, 0.3) is 0 Å². The lowest BCUT2D eigenvalue weighted by Crippen LogP contribution is -2.45. The quantitative estimate of drug-likeness (QED) is 0.706. The number of hydrogen-bond donors (Lipinski definition) is 2. The predicted octanol–water partition coefficient (Wildman–Crippen LogP) is 1.55. The first-order chi connectivity index (χ1) is 7.27. The van der Waals surface area contributed by atoms with Crippen molar-refractivity contribution in [1.29, 1.82) is 0 Å². The highest BCUT2D eigenvalue weighted by Gasteiger charge is 2.21. The van der Waals surface area contributed by atoms with Crippen molar-refractivity contribution >= 4 is 0 Å². The van der Waals surface area contributed by atoms with E-state index in [-0.39, 0.29) is 12.6 Å². The van der Waals surface area contributed by atoms with E-state index in [0.29, 0.717) is 12.6 Å². The largest absolute Gasteiger partial charge is 0.395 e. The van der Waals surface area contributed by atoms with Crippen molar-refractivity contribution in [3.8, 4) is 0 Å². The molecule has 1 aliphatic rings. The van der Waals surface area contributed by atoms with E-state index in [9.17, 15) is 0 Å². The Kier molecular flexibility index (Phi) is 6.22. The molecule has 0 aromatic rings. The Morgan fingerprint density at radius 3 is 2.53 bits per heavy atom. The molecule has 0 saturated heterocycles. The summed E-state index contributed by atoms with van der Waals surface area (Å²) in [4.78, 5) is 0. The molecule has 0 radical (unpaired) electrons. The van der Waals surface area contributed by atoms with Gasteiger partial charge in [0.2, 0.25) is 0 Å². The Balaban J connectivity index is 2.28. The Labute approximate surface area is 93.2 Å². The van der Waals surface area contributed by atoms with Gasteiger partial charge in [-0.3, -0.25) is 0 Å². The fourth-order valence-corrected chi connectivity index (χ4v) is 2.50. The first-order valence-electron chi connectivity index (χ1n) is 6.13. The van der Waals surface area contributed by atoms with Crippen molar-refractivity contribution in [2.75, 3.05) is 20.3 Å². The molecule has 1 rings (SSSR count). The average molecular weight is 215 g/mol. The average Bonchev–Trinajstić information content (AvgIpc) is 2.29. The van der Waals surface area contributed by atoms with Crippen LogP contribution in [0, 0.1) is 5.92 Å². The molecule has 0 aromatic heterocycles. The van der Waals surface area contributed by atoms with Gasteiger partial charge in [0.1, 0.15) is 0 Å². The second-order valence-electron chi connectivity index (χ2n) is 4.69. The van der Waals surface area contributed by atoms with Gasteiger partial charge in [0, 0.05) is 13.2 Å². The summed E-state index contributed by atoms with van der Waals surface area (Å²) < 4.78 is 5.06. The Morgan fingerprint density at radius 1 is 1.33 bits per heavy atom. The Hall–Kier alpha value is -0.120. The van der Waals surface area contributed by atoms with Crippen LogP contribution < -0.4 is 5.32 Å². The number of hydrogen-bond acceptors (Lipinski definition) is 3. The number of ether oxygens (including phenoxy) is 1. The van der Waals surface area contributed by atoms with Gasteiger partial charge in [0.25, 0.3) is 0 Å². The third-order valence-electron chi connectivity index (χ3n) is 3.44. The molecule has 3 heteroatoms. The number of rotatable bonds is 6. The molecule has 0 aromatic carbocycles. The second kappa shape index (κ2) is 7.20. The summed E-state index contributed by atoms with van der Waals surface area (Å²) in [7, 11) is 1.68. The van der Waals surface area contributed by atoms with Crippen LogP contribution in [0.3, 0.4) is 0 Å². The van der Waals surface area contributed by atoms with Gasteiger partial charge in [-0.15, -0.1) is 0 Å². The molecule has 0 aliphatic heterocycles. The molecule has 1 saturated carbocycles. The Morgan fingerprint density at radius 2 is 2.00 bits per heavy atom. The predicted molar refractivity (Wildman–Crippen MR) is 61.9 cm³/mol. The molecular weight excluding hydrogens is 190 g/mol. The van der Waals surface area contributed by atoms with Crippen molar-refractivity contribution in [1.82, 2.24) is 5.32 Å². The van der Waals surface area contributed by atoms with E-state index >= 15 is 0 Å². The lowest BCUT2D eigenvalue weighted by Gasteiger charge is -2.31. The lowest BCUT2D eigenvalue weighted by molar-refractivity contribution is 0.114. The minimum absolute atomic E-state index is 0.0897. The minimum atomic E-state index is 0.0897. The maximum absolute atomic E-state index is 9.16. The summed E-state index contributed by atoms with van der Waals surface area (Å²) >= 11 is 0. The fraction of sp³-hybridized carbons (Fsp3) is 1.00. The SMILES string of the molecule is COCC(CO)NC(C)C1CCCCC1. The van der Waals surface area contributed by atoms with Crippen LogP contribution in [0.2, 0.25) is 0 Å². The molecule has 15 heavy (non-hydrogen) atoms. The van der Waals surface area contributed by atoms with Gasteiger partial charge in [0.15, 0.2) is 0 Å². The molecule has 1 aliphatic carbocycles. The van der Waals surface area contributed by atoms with Gasteiger partial charge in [-0.25, -0.2) is 0 Å². The molecule has 90 valence electrons. The van der Waals surface area contributed by atoms with Gasteiger partial charge < -0.3 is 15.2 Å². The molecular formula is C12H25NO2. The summed E-state index contributed by atoms with van der Waals surface area (Å²) in [5, 5.41) is 12.6. The normalized spacial score (nSPS) is 22.6. The number of aliphatic hydroxyl groups is 1. The van der Waals surface area contributed by atoms with E-state index in [0.717, 1.165) is 5.92 Å². The Bertz CT molecular complexity index is 158. The van der Waals surface area contributed by atoms with Crippen LogP contribution in [0.5, 0.6) is 0 Å². The highest BCUT2D eigenvalue weighted by molar-refractivity contribution is 4.79. The third-order valence-corrected chi connectivity index (χ3v) is 3.44. The maximum Gasteiger partial charge on any atom is 0.0638 e. The molecule has 2 N–H and O–H groups in total. The van der Waals surface area contributed by atoms with Crippen LogP contribution in [0.4, 0.5) is 0 Å². The van der Waals surface area contributed by atoms with E-state index in [1.165, 1.54) is 32.1 Å². The smallest absolute Gasteiger partial charge is 0.0638 e. The van der Waals surface area contributed by atoms with E-state index < -0.39 is 0 Å². The van der Waals surface area contributed by atoms with Crippen LogP contribution in [-0.2, 0) is 4.74 Å². The van der Waals surface area contributed by atoms with Crippen molar-refractivity contribution in [3.05, 3.63) is 0 Å². The van der Waals surface area contributed by atoms with E-state index in [2.05, 4.69) is 12.2 Å². The third kappa shape index (κ3) is 4.49. The zero-order valence-electron chi connectivity index (χ0n) is 10.0. The van der Waals surface area contributed by atoms with Crippen LogP contribution in [0.1, 0.15) is 39.0 Å². The van der Waals surface area contributed by atoms with Crippen molar-refractivity contribution < 1.29 is 9.84 Å². The van der Waals surface area contributed by atoms with E-state index in [4.69, 9.17) is 9.84 Å². The van der Waals surface area contributed by atoms with Gasteiger partial charge in [-0.1, -0.05) is 19.3 Å². The first kappa shape index (κ1) is 12.9. The second-order valence-corrected chi connectivity index (χ2v) is 4.69. The van der Waals surface area contributed by atoms with Gasteiger partial charge in [-0.05, 0) is 25.7 Å². The zero-order valence-corrected chi connectivity index (χ0v) is 10.0. The summed E-state index contributed by atoms with van der Waals surface area (Å²) in [6, 6.07) is 0.588. The van der Waals surface area contributed by atoms with Crippen LogP contribution in [-0.4, -0.2) is 37.5 Å². The van der Waals surface area contributed by atoms with Gasteiger partial charge in [-0.2, -0.15) is 0 Å². The van der Waals surface area contributed by atoms with Crippen LogP contribution >= 0.6 is 0 Å². The van der Waals surface area contributed by atoms with E-state index in [1.807, 2.05) is 0 Å². The molecule has 3 nitrogen and oxygen atoms in total. The number of nitrogens with one attached hydrogen (secondary N) is 1. The lowest BCUT2D eigenvalue weighted by atomic mass is 9.84. The summed E-state index contributed by atoms with van der Waals surface area (Å²) in [5.74, 6) is 0.782. The molecule has 0 spiro atoms. The van der Waals surface area contributed by atoms with E-state index in [1.54, 1.807) is 7.11 Å². The van der Waals surface area contributed by atoms with Gasteiger partial charge in [0.05, 0.1) is 19.3 Å². The number of aliphatic hydroxyl groups excluding tert-OH is 1. The highest BCUT2D eigenvalue weighted by Crippen LogP contribution is 2.26. The van der Waals surface area contributed by atoms with Crippen LogP contribution in [0.15, 0.2) is 0 Å². The first-order valence-corrected chi connectivity index (χ1v) is 6.13. The topological polar surface area (TPSA) is 41.5 Å². The monoisotopic (exact) mass is 215 g/mol. The minimum Gasteiger partial charge on any atom is -0.395 e. The maximum atomic E-state index is 9.16. The molecule has 0 amide bonds. The summed E-state index contributed by atoms with van der Waals surface area (Å²) in [5.41, 5.74) is 0. The highest BCUT2D eigenvalue weighted by atomic mass is 16.5.